The fraction of sp³-hybridized carbons (Fsp3) is 0.481. The molecule has 2 aromatic rings. The van der Waals surface area contributed by atoms with Crippen molar-refractivity contribution in [3.63, 3.8) is 0 Å². The number of ether oxygens (including phenoxy) is 1. The van der Waals surface area contributed by atoms with Crippen molar-refractivity contribution in [1.29, 1.82) is 0 Å². The number of hydrogen-bond donors (Lipinski definition) is 1. The molecule has 1 atom stereocenters. The van der Waals surface area contributed by atoms with Crippen LogP contribution in [0.5, 0.6) is 5.75 Å². The molecule has 6 heteroatoms. The van der Waals surface area contributed by atoms with Crippen LogP contribution < -0.4 is 10.1 Å². The number of methoxy groups -OCH3 is 1. The molecule has 0 heterocycles. The van der Waals surface area contributed by atoms with Gasteiger partial charge in [-0.15, -0.1) is 11.8 Å². The number of carbonyl (C=O) groups excluding carboxylic acids is 2. The molecular formula is C27H36N2O3S. The molecule has 0 aliphatic heterocycles. The normalized spacial score (nSPS) is 15.0. The first-order valence-electron chi connectivity index (χ1n) is 11.8. The second kappa shape index (κ2) is 12.7. The van der Waals surface area contributed by atoms with Crippen LogP contribution in [0, 0.1) is 6.92 Å². The summed E-state index contributed by atoms with van der Waals surface area (Å²) in [6, 6.07) is 15.6. The van der Waals surface area contributed by atoms with Gasteiger partial charge >= 0.3 is 0 Å². The second-order valence-electron chi connectivity index (χ2n) is 8.81. The van der Waals surface area contributed by atoms with Crippen LogP contribution in [-0.2, 0) is 21.9 Å². The van der Waals surface area contributed by atoms with E-state index in [0.29, 0.717) is 12.3 Å². The van der Waals surface area contributed by atoms with Gasteiger partial charge in [0.05, 0.1) is 12.9 Å². The highest BCUT2D eigenvalue weighted by molar-refractivity contribution is 7.99. The number of nitrogens with one attached hydrogen (secondary N) is 1. The van der Waals surface area contributed by atoms with E-state index in [1.165, 1.54) is 17.5 Å². The van der Waals surface area contributed by atoms with E-state index in [1.54, 1.807) is 23.8 Å². The van der Waals surface area contributed by atoms with Crippen molar-refractivity contribution in [2.24, 2.45) is 0 Å². The van der Waals surface area contributed by atoms with E-state index in [4.69, 9.17) is 4.74 Å². The maximum absolute atomic E-state index is 13.3. The van der Waals surface area contributed by atoms with E-state index in [2.05, 4.69) is 24.4 Å². The molecule has 0 radical (unpaired) electrons. The second-order valence-corrected chi connectivity index (χ2v) is 9.79. The highest BCUT2D eigenvalue weighted by atomic mass is 32.2. The minimum Gasteiger partial charge on any atom is -0.497 e. The van der Waals surface area contributed by atoms with Gasteiger partial charge in [-0.25, -0.2) is 0 Å². The number of benzene rings is 2. The van der Waals surface area contributed by atoms with E-state index >= 15 is 0 Å². The zero-order valence-electron chi connectivity index (χ0n) is 20.0. The van der Waals surface area contributed by atoms with Crippen molar-refractivity contribution in [3.05, 3.63) is 65.2 Å². The molecule has 1 fully saturated rings. The molecule has 1 aliphatic carbocycles. The van der Waals surface area contributed by atoms with Crippen molar-refractivity contribution < 1.29 is 14.3 Å². The largest absolute Gasteiger partial charge is 0.497 e. The Bertz CT molecular complexity index is 910. The van der Waals surface area contributed by atoms with Crippen LogP contribution >= 0.6 is 11.8 Å². The van der Waals surface area contributed by atoms with E-state index < -0.39 is 6.04 Å². The van der Waals surface area contributed by atoms with Gasteiger partial charge in [0.25, 0.3) is 0 Å². The molecule has 178 valence electrons. The van der Waals surface area contributed by atoms with Crippen LogP contribution in [-0.4, -0.2) is 41.7 Å². The molecule has 0 bridgehead atoms. The lowest BCUT2D eigenvalue weighted by molar-refractivity contribution is -0.139. The molecule has 1 N–H and O–H groups in total. The molecular weight excluding hydrogens is 432 g/mol. The van der Waals surface area contributed by atoms with Gasteiger partial charge in [-0.1, -0.05) is 55.7 Å². The third-order valence-corrected chi connectivity index (χ3v) is 7.34. The first-order valence-corrected chi connectivity index (χ1v) is 13.0. The number of nitrogens with zero attached hydrogens (tertiary/aromatic N) is 1. The fourth-order valence-electron chi connectivity index (χ4n) is 4.18. The highest BCUT2D eigenvalue weighted by Gasteiger charge is 2.28. The predicted molar refractivity (Wildman–Crippen MR) is 135 cm³/mol. The van der Waals surface area contributed by atoms with E-state index in [1.807, 2.05) is 43.3 Å². The molecule has 3 rings (SSSR count). The van der Waals surface area contributed by atoms with Gasteiger partial charge in [0.2, 0.25) is 11.8 Å². The van der Waals surface area contributed by atoms with Crippen molar-refractivity contribution in [1.82, 2.24) is 10.2 Å². The van der Waals surface area contributed by atoms with Crippen molar-refractivity contribution in [2.45, 2.75) is 70.3 Å². The molecule has 0 saturated heterocycles. The van der Waals surface area contributed by atoms with Gasteiger partial charge in [-0.3, -0.25) is 9.59 Å². The molecule has 1 aliphatic rings. The summed E-state index contributed by atoms with van der Waals surface area (Å²) in [5.74, 6) is 1.81. The lowest BCUT2D eigenvalue weighted by Crippen LogP contribution is -2.50. The number of thioether (sulfide) groups is 1. The molecule has 0 aromatic heterocycles. The summed E-state index contributed by atoms with van der Waals surface area (Å²) in [7, 11) is 1.63. The summed E-state index contributed by atoms with van der Waals surface area (Å²) in [4.78, 5) is 28.1. The first-order chi connectivity index (χ1) is 16.0. The van der Waals surface area contributed by atoms with Gasteiger partial charge in [-0.05, 0) is 55.5 Å². The Morgan fingerprint density at radius 2 is 1.79 bits per heavy atom. The average molecular weight is 469 g/mol. The van der Waals surface area contributed by atoms with Gasteiger partial charge in [0, 0.05) is 18.3 Å². The quantitative estimate of drug-likeness (QED) is 0.527. The van der Waals surface area contributed by atoms with Crippen molar-refractivity contribution in [2.75, 3.05) is 12.9 Å². The lowest BCUT2D eigenvalue weighted by atomic mass is 9.95. The Morgan fingerprint density at radius 1 is 1.09 bits per heavy atom. The maximum Gasteiger partial charge on any atom is 0.242 e. The summed E-state index contributed by atoms with van der Waals surface area (Å²) in [5.41, 5.74) is 3.44. The number of hydrogen-bond acceptors (Lipinski definition) is 4. The molecule has 0 spiro atoms. The molecule has 2 amide bonds. The summed E-state index contributed by atoms with van der Waals surface area (Å²) in [5, 5.41) is 3.19. The summed E-state index contributed by atoms with van der Waals surface area (Å²) < 4.78 is 5.25. The minimum absolute atomic E-state index is 0.0179. The lowest BCUT2D eigenvalue weighted by Gasteiger charge is -2.31. The summed E-state index contributed by atoms with van der Waals surface area (Å²) in [6.45, 7) is 4.32. The standard InChI is InChI=1S/C27H36N2O3S/c1-20-9-7-8-10-23(20)18-33-19-26(30)29(17-22-13-15-25(32-3)16-14-22)21(2)27(31)28-24-11-5-4-6-12-24/h7-10,13-16,21,24H,4-6,11-12,17-19H2,1-3H3,(H,28,31)/t21-/m1/s1. The molecule has 0 unspecified atom stereocenters. The average Bonchev–Trinajstić information content (AvgIpc) is 2.84. The fourth-order valence-corrected chi connectivity index (χ4v) is 5.17. The third-order valence-electron chi connectivity index (χ3n) is 6.38. The van der Waals surface area contributed by atoms with Crippen molar-refractivity contribution in [3.8, 4) is 5.75 Å². The third kappa shape index (κ3) is 7.53. The Labute approximate surface area is 202 Å². The van der Waals surface area contributed by atoms with Gasteiger partial charge < -0.3 is 15.0 Å². The van der Waals surface area contributed by atoms with Gasteiger partial charge in [0.1, 0.15) is 11.8 Å². The monoisotopic (exact) mass is 468 g/mol. The SMILES string of the molecule is COc1ccc(CN(C(=O)CSCc2ccccc2C)[C@H](C)C(=O)NC2CCCCC2)cc1. The first kappa shape index (κ1) is 25.2. The summed E-state index contributed by atoms with van der Waals surface area (Å²) >= 11 is 1.60. The summed E-state index contributed by atoms with van der Waals surface area (Å²) in [6.07, 6.45) is 5.60. The van der Waals surface area contributed by atoms with E-state index in [-0.39, 0.29) is 17.9 Å². The number of rotatable bonds is 10. The van der Waals surface area contributed by atoms with E-state index in [9.17, 15) is 9.59 Å². The van der Waals surface area contributed by atoms with Crippen LogP contribution in [0.4, 0.5) is 0 Å². The zero-order valence-corrected chi connectivity index (χ0v) is 20.8. The topological polar surface area (TPSA) is 58.6 Å². The van der Waals surface area contributed by atoms with E-state index in [0.717, 1.165) is 42.7 Å². The van der Waals surface area contributed by atoms with Crippen LogP contribution in [0.3, 0.4) is 0 Å². The Hall–Kier alpha value is -2.47. The Morgan fingerprint density at radius 3 is 2.45 bits per heavy atom. The van der Waals surface area contributed by atoms with Crippen LogP contribution in [0.25, 0.3) is 0 Å². The minimum atomic E-state index is -0.527. The molecule has 33 heavy (non-hydrogen) atoms. The Balaban J connectivity index is 1.66. The van der Waals surface area contributed by atoms with Crippen LogP contribution in [0.2, 0.25) is 0 Å². The number of aryl methyl sites for hydroxylation is 1. The molecule has 1 saturated carbocycles. The van der Waals surface area contributed by atoms with Crippen LogP contribution in [0.1, 0.15) is 55.7 Å². The zero-order chi connectivity index (χ0) is 23.6. The van der Waals surface area contributed by atoms with Crippen LogP contribution in [0.15, 0.2) is 48.5 Å². The smallest absolute Gasteiger partial charge is 0.242 e. The highest BCUT2D eigenvalue weighted by Crippen LogP contribution is 2.21. The van der Waals surface area contributed by atoms with Gasteiger partial charge in [-0.2, -0.15) is 0 Å². The number of amides is 2. The molecule has 5 nitrogen and oxygen atoms in total. The van der Waals surface area contributed by atoms with Gasteiger partial charge in [0.15, 0.2) is 0 Å². The Kier molecular flexibility index (Phi) is 9.67. The predicted octanol–water partition coefficient (Wildman–Crippen LogP) is 5.10. The maximum atomic E-state index is 13.3. The van der Waals surface area contributed by atoms with Crippen molar-refractivity contribution >= 4 is 23.6 Å². The molecule has 2 aromatic carbocycles. The number of carbonyl (C=O) groups is 2.